The van der Waals surface area contributed by atoms with Gasteiger partial charge in [0.25, 0.3) is 0 Å². The zero-order chi connectivity index (χ0) is 27.3. The SMILES string of the molecule is COCO[C@]12CC[C@H]3c4ccc(OC)c(C(=O)OC)c4[C@@H](C(=O)OCc4ccccc4)[C@@]3(CC13OCCO3)C2. The van der Waals surface area contributed by atoms with Crippen molar-refractivity contribution in [3.8, 4) is 5.75 Å². The summed E-state index contributed by atoms with van der Waals surface area (Å²) in [6.45, 7) is 1.08. The van der Waals surface area contributed by atoms with Crippen molar-refractivity contribution < 1.29 is 42.7 Å². The Kier molecular flexibility index (Phi) is 6.66. The van der Waals surface area contributed by atoms with Gasteiger partial charge < -0.3 is 33.2 Å². The Balaban J connectivity index is 1.50. The summed E-state index contributed by atoms with van der Waals surface area (Å²) in [6.07, 6.45) is 2.31. The van der Waals surface area contributed by atoms with E-state index in [0.717, 1.165) is 17.5 Å². The fraction of sp³-hybridized carbons (Fsp3) is 0.533. The van der Waals surface area contributed by atoms with Gasteiger partial charge >= 0.3 is 11.9 Å². The van der Waals surface area contributed by atoms with Crippen molar-refractivity contribution >= 4 is 11.9 Å². The molecule has 2 aromatic rings. The van der Waals surface area contributed by atoms with Crippen LogP contribution < -0.4 is 4.74 Å². The molecule has 2 saturated carbocycles. The molecule has 0 aromatic heterocycles. The van der Waals surface area contributed by atoms with Gasteiger partial charge in [-0.05, 0) is 47.9 Å². The second-order valence-corrected chi connectivity index (χ2v) is 10.8. The lowest BCUT2D eigenvalue weighted by Gasteiger charge is -2.45. The van der Waals surface area contributed by atoms with Crippen molar-refractivity contribution in [2.45, 2.75) is 55.5 Å². The summed E-state index contributed by atoms with van der Waals surface area (Å²) >= 11 is 0. The predicted molar refractivity (Wildman–Crippen MR) is 137 cm³/mol. The first-order chi connectivity index (χ1) is 18.9. The van der Waals surface area contributed by atoms with Crippen molar-refractivity contribution in [1.82, 2.24) is 0 Å². The molecule has 1 heterocycles. The molecular weight excluding hydrogens is 504 g/mol. The Morgan fingerprint density at radius 1 is 1.00 bits per heavy atom. The van der Waals surface area contributed by atoms with Crippen LogP contribution in [-0.2, 0) is 39.8 Å². The Bertz CT molecular complexity index is 1250. The number of rotatable bonds is 8. The lowest BCUT2D eigenvalue weighted by atomic mass is 9.63. The van der Waals surface area contributed by atoms with Gasteiger partial charge in [0.05, 0.1) is 33.4 Å². The molecule has 1 aliphatic heterocycles. The van der Waals surface area contributed by atoms with Crippen LogP contribution in [0.1, 0.15) is 64.6 Å². The molecule has 9 nitrogen and oxygen atoms in total. The van der Waals surface area contributed by atoms with Gasteiger partial charge in [-0.2, -0.15) is 0 Å². The first kappa shape index (κ1) is 26.3. The minimum Gasteiger partial charge on any atom is -0.496 e. The molecular formula is C30H34O9. The predicted octanol–water partition coefficient (Wildman–Crippen LogP) is 4.08. The fourth-order valence-corrected chi connectivity index (χ4v) is 7.77. The monoisotopic (exact) mass is 538 g/mol. The molecule has 0 amide bonds. The maximum Gasteiger partial charge on any atom is 0.341 e. The van der Waals surface area contributed by atoms with E-state index in [1.807, 2.05) is 36.4 Å². The highest BCUT2D eigenvalue weighted by Crippen LogP contribution is 2.75. The third-order valence-corrected chi connectivity index (χ3v) is 9.16. The number of fused-ring (bicyclic) bond motifs is 4. The Hall–Kier alpha value is -2.98. The molecule has 208 valence electrons. The van der Waals surface area contributed by atoms with Gasteiger partial charge in [-0.3, -0.25) is 4.79 Å². The summed E-state index contributed by atoms with van der Waals surface area (Å²) in [4.78, 5) is 27.5. The molecule has 0 unspecified atom stereocenters. The average Bonchev–Trinajstić information content (AvgIpc) is 3.61. The third-order valence-electron chi connectivity index (χ3n) is 9.16. The highest BCUT2D eigenvalue weighted by molar-refractivity contribution is 5.98. The van der Waals surface area contributed by atoms with E-state index in [2.05, 4.69) is 0 Å². The topological polar surface area (TPSA) is 98.8 Å². The second kappa shape index (κ2) is 9.89. The number of ether oxygens (including phenoxy) is 7. The van der Waals surface area contributed by atoms with E-state index >= 15 is 0 Å². The first-order valence-electron chi connectivity index (χ1n) is 13.3. The summed E-state index contributed by atoms with van der Waals surface area (Å²) in [5.41, 5.74) is 1.23. The number of carbonyl (C=O) groups excluding carboxylic acids is 2. The molecule has 2 aromatic carbocycles. The number of hydrogen-bond donors (Lipinski definition) is 0. The quantitative estimate of drug-likeness (QED) is 0.364. The molecule has 9 heteroatoms. The second-order valence-electron chi connectivity index (χ2n) is 10.8. The van der Waals surface area contributed by atoms with Gasteiger partial charge in [0.15, 0.2) is 5.79 Å². The molecule has 3 fully saturated rings. The van der Waals surface area contributed by atoms with E-state index in [4.69, 9.17) is 33.2 Å². The highest BCUT2D eigenvalue weighted by atomic mass is 16.8. The molecule has 0 radical (unpaired) electrons. The van der Waals surface area contributed by atoms with Crippen LogP contribution in [0.5, 0.6) is 5.75 Å². The van der Waals surface area contributed by atoms with Gasteiger partial charge in [0.1, 0.15) is 30.3 Å². The zero-order valence-electron chi connectivity index (χ0n) is 22.5. The van der Waals surface area contributed by atoms with Gasteiger partial charge in [-0.25, -0.2) is 4.79 Å². The van der Waals surface area contributed by atoms with Crippen molar-refractivity contribution in [1.29, 1.82) is 0 Å². The molecule has 3 aliphatic carbocycles. The van der Waals surface area contributed by atoms with E-state index in [9.17, 15) is 9.59 Å². The van der Waals surface area contributed by atoms with E-state index in [-0.39, 0.29) is 24.9 Å². The summed E-state index contributed by atoms with van der Waals surface area (Å²) < 4.78 is 41.2. The summed E-state index contributed by atoms with van der Waals surface area (Å²) in [5.74, 6) is -2.43. The normalized spacial score (nSPS) is 29.6. The van der Waals surface area contributed by atoms with Crippen LogP contribution >= 0.6 is 0 Å². The minimum absolute atomic E-state index is 0.0393. The van der Waals surface area contributed by atoms with Crippen LogP contribution in [0.25, 0.3) is 0 Å². The number of hydrogen-bond acceptors (Lipinski definition) is 9. The zero-order valence-corrected chi connectivity index (χ0v) is 22.5. The molecule has 4 aliphatic rings. The van der Waals surface area contributed by atoms with Crippen LogP contribution in [-0.4, -0.2) is 64.7 Å². The lowest BCUT2D eigenvalue weighted by Crippen LogP contribution is -2.53. The van der Waals surface area contributed by atoms with E-state index in [1.165, 1.54) is 14.2 Å². The molecule has 39 heavy (non-hydrogen) atoms. The molecule has 2 spiro atoms. The molecule has 4 atom stereocenters. The van der Waals surface area contributed by atoms with Crippen molar-refractivity contribution in [2.24, 2.45) is 5.41 Å². The van der Waals surface area contributed by atoms with Crippen LogP contribution in [0.15, 0.2) is 42.5 Å². The largest absolute Gasteiger partial charge is 0.496 e. The highest BCUT2D eigenvalue weighted by Gasteiger charge is 2.76. The molecule has 1 saturated heterocycles. The van der Waals surface area contributed by atoms with Crippen LogP contribution in [0, 0.1) is 5.41 Å². The van der Waals surface area contributed by atoms with E-state index in [0.29, 0.717) is 43.8 Å². The van der Waals surface area contributed by atoms with E-state index in [1.54, 1.807) is 13.2 Å². The molecule has 0 N–H and O–H groups in total. The lowest BCUT2D eigenvalue weighted by molar-refractivity contribution is -0.289. The van der Waals surface area contributed by atoms with Gasteiger partial charge in [-0.1, -0.05) is 36.4 Å². The third kappa shape index (κ3) is 3.82. The fourth-order valence-electron chi connectivity index (χ4n) is 7.77. The Morgan fingerprint density at radius 2 is 1.77 bits per heavy atom. The number of esters is 2. The minimum atomic E-state index is -1.02. The van der Waals surface area contributed by atoms with Crippen LogP contribution in [0.4, 0.5) is 0 Å². The summed E-state index contributed by atoms with van der Waals surface area (Å²) in [5, 5.41) is 0. The summed E-state index contributed by atoms with van der Waals surface area (Å²) in [6, 6.07) is 13.3. The van der Waals surface area contributed by atoms with Gasteiger partial charge in [0.2, 0.25) is 0 Å². The van der Waals surface area contributed by atoms with Gasteiger partial charge in [0, 0.05) is 18.9 Å². The van der Waals surface area contributed by atoms with Crippen LogP contribution in [0.2, 0.25) is 0 Å². The van der Waals surface area contributed by atoms with Crippen molar-refractivity contribution in [3.63, 3.8) is 0 Å². The number of methoxy groups -OCH3 is 3. The Morgan fingerprint density at radius 3 is 2.46 bits per heavy atom. The number of carbonyl (C=O) groups is 2. The van der Waals surface area contributed by atoms with Crippen molar-refractivity contribution in [2.75, 3.05) is 41.3 Å². The summed E-state index contributed by atoms with van der Waals surface area (Å²) in [7, 11) is 4.42. The molecule has 2 bridgehead atoms. The molecule has 6 rings (SSSR count). The smallest absolute Gasteiger partial charge is 0.341 e. The standard InChI is InChI=1S/C30H34O9/c1-33-18-39-29-12-11-21-20-9-10-22(34-2)24(26(31)35-3)23(20)25(27(32)36-15-19-7-5-4-6-8-19)28(21,16-29)17-30(29)37-13-14-38-30/h4-10,21,25H,11-18H2,1-3H3/t21-,25-,28+,29-/m0/s1. The first-order valence-corrected chi connectivity index (χ1v) is 13.3. The maximum atomic E-state index is 14.2. The average molecular weight is 539 g/mol. The Labute approximate surface area is 227 Å². The number of benzene rings is 2. The van der Waals surface area contributed by atoms with Crippen molar-refractivity contribution in [3.05, 3.63) is 64.7 Å². The van der Waals surface area contributed by atoms with Gasteiger partial charge in [-0.15, -0.1) is 0 Å². The maximum absolute atomic E-state index is 14.2. The van der Waals surface area contributed by atoms with E-state index < -0.39 is 34.7 Å². The van der Waals surface area contributed by atoms with Crippen LogP contribution in [0.3, 0.4) is 0 Å².